The highest BCUT2D eigenvalue weighted by molar-refractivity contribution is 7.72. The third-order valence-electron chi connectivity index (χ3n) is 4.15. The largest absolute Gasteiger partial charge is 0.379 e. The van der Waals surface area contributed by atoms with Crippen molar-refractivity contribution in [3.63, 3.8) is 0 Å². The summed E-state index contributed by atoms with van der Waals surface area (Å²) >= 11 is 7.55. The lowest BCUT2D eigenvalue weighted by molar-refractivity contribution is 0.0342. The number of fused-ring (bicyclic) bond motifs is 2. The summed E-state index contributed by atoms with van der Waals surface area (Å²) in [5.41, 5.74) is 1.34. The first-order chi connectivity index (χ1) is 10.8. The lowest BCUT2D eigenvalue weighted by Crippen LogP contribution is -2.35. The lowest BCUT2D eigenvalue weighted by atomic mass is 10.1. The summed E-state index contributed by atoms with van der Waals surface area (Å²) in [5.74, 6) is 0. The highest BCUT2D eigenvalue weighted by atomic mass is 32.1. The minimum Gasteiger partial charge on any atom is -0.379 e. The van der Waals surface area contributed by atoms with Crippen LogP contribution in [0.5, 0.6) is 0 Å². The molecule has 1 aliphatic heterocycles. The van der Waals surface area contributed by atoms with Gasteiger partial charge in [-0.3, -0.25) is 4.90 Å². The van der Waals surface area contributed by atoms with Crippen molar-refractivity contribution >= 4 is 43.7 Å². The first kappa shape index (κ1) is 14.3. The van der Waals surface area contributed by atoms with Crippen LogP contribution in [0.3, 0.4) is 0 Å². The molecule has 0 aliphatic carbocycles. The molecule has 3 aromatic rings. The summed E-state index contributed by atoms with van der Waals surface area (Å²) in [4.78, 5) is 2.44. The number of rotatable bonds is 2. The molecule has 0 N–H and O–H groups in total. The van der Waals surface area contributed by atoms with Crippen molar-refractivity contribution in [2.75, 3.05) is 26.3 Å². The molecule has 1 aliphatic rings. The van der Waals surface area contributed by atoms with Crippen LogP contribution in [0.1, 0.15) is 5.56 Å². The SMILES string of the molecule is S=c1c2ccccc2sc2ccc(CN3CCOCC3)cc12. The molecular formula is C18H17NOS2. The molecule has 112 valence electrons. The maximum Gasteiger partial charge on any atom is 0.0594 e. The fourth-order valence-electron chi connectivity index (χ4n) is 2.97. The Hall–Kier alpha value is -1.33. The minimum absolute atomic E-state index is 0.840. The van der Waals surface area contributed by atoms with Gasteiger partial charge in [0.15, 0.2) is 0 Å². The van der Waals surface area contributed by atoms with E-state index in [1.54, 1.807) is 0 Å². The molecule has 0 saturated carbocycles. The molecule has 1 aromatic heterocycles. The second kappa shape index (κ2) is 6.05. The van der Waals surface area contributed by atoms with Gasteiger partial charge in [-0.25, -0.2) is 0 Å². The van der Waals surface area contributed by atoms with Gasteiger partial charge in [0, 0.05) is 39.8 Å². The molecule has 1 saturated heterocycles. The molecule has 0 amide bonds. The Morgan fingerprint density at radius 2 is 1.77 bits per heavy atom. The molecule has 0 atom stereocenters. The second-order valence-corrected chi connectivity index (χ2v) is 7.14. The molecule has 0 spiro atoms. The minimum atomic E-state index is 0.840. The number of hydrogen-bond acceptors (Lipinski definition) is 4. The number of benzene rings is 2. The zero-order chi connectivity index (χ0) is 14.9. The highest BCUT2D eigenvalue weighted by Crippen LogP contribution is 2.31. The van der Waals surface area contributed by atoms with E-state index in [0.29, 0.717) is 0 Å². The molecule has 1 fully saturated rings. The van der Waals surface area contributed by atoms with Crippen molar-refractivity contribution in [1.29, 1.82) is 0 Å². The summed E-state index contributed by atoms with van der Waals surface area (Å²) < 4.78 is 8.94. The monoisotopic (exact) mass is 327 g/mol. The zero-order valence-corrected chi connectivity index (χ0v) is 13.9. The lowest BCUT2D eigenvalue weighted by Gasteiger charge is -2.26. The maximum atomic E-state index is 5.73. The van der Waals surface area contributed by atoms with Gasteiger partial charge in [-0.15, -0.1) is 11.3 Å². The van der Waals surface area contributed by atoms with Gasteiger partial charge >= 0.3 is 0 Å². The maximum absolute atomic E-state index is 5.73. The van der Waals surface area contributed by atoms with E-state index >= 15 is 0 Å². The quantitative estimate of drug-likeness (QED) is 0.503. The van der Waals surface area contributed by atoms with Crippen LogP contribution in [0.4, 0.5) is 0 Å². The van der Waals surface area contributed by atoms with Crippen LogP contribution in [0.15, 0.2) is 42.5 Å². The van der Waals surface area contributed by atoms with E-state index in [-0.39, 0.29) is 0 Å². The predicted molar refractivity (Wildman–Crippen MR) is 96.3 cm³/mol. The van der Waals surface area contributed by atoms with Gasteiger partial charge in [-0.2, -0.15) is 0 Å². The smallest absolute Gasteiger partial charge is 0.0594 e. The number of morpholine rings is 1. The van der Waals surface area contributed by atoms with Gasteiger partial charge in [0.25, 0.3) is 0 Å². The van der Waals surface area contributed by atoms with E-state index in [2.05, 4.69) is 47.4 Å². The van der Waals surface area contributed by atoms with Gasteiger partial charge in [0.05, 0.1) is 17.7 Å². The molecule has 0 unspecified atom stereocenters. The van der Waals surface area contributed by atoms with Crippen molar-refractivity contribution in [2.45, 2.75) is 6.54 Å². The Balaban J connectivity index is 1.77. The van der Waals surface area contributed by atoms with E-state index in [1.165, 1.54) is 25.7 Å². The van der Waals surface area contributed by atoms with Crippen molar-refractivity contribution in [1.82, 2.24) is 4.90 Å². The molecule has 4 heteroatoms. The molecular weight excluding hydrogens is 310 g/mol. The second-order valence-electron chi connectivity index (χ2n) is 5.65. The topological polar surface area (TPSA) is 12.5 Å². The number of nitrogens with zero attached hydrogens (tertiary/aromatic N) is 1. The summed E-state index contributed by atoms with van der Waals surface area (Å²) in [5, 5.41) is 2.41. The van der Waals surface area contributed by atoms with Crippen LogP contribution in [0, 0.1) is 4.51 Å². The molecule has 22 heavy (non-hydrogen) atoms. The highest BCUT2D eigenvalue weighted by Gasteiger charge is 2.11. The third kappa shape index (κ3) is 2.68. The Morgan fingerprint density at radius 3 is 2.64 bits per heavy atom. The van der Waals surface area contributed by atoms with Crippen molar-refractivity contribution < 1.29 is 4.74 Å². The van der Waals surface area contributed by atoms with Gasteiger partial charge in [0.2, 0.25) is 0 Å². The molecule has 2 nitrogen and oxygen atoms in total. The van der Waals surface area contributed by atoms with E-state index < -0.39 is 0 Å². The van der Waals surface area contributed by atoms with Crippen molar-refractivity contribution in [3.05, 3.63) is 52.5 Å². The Kier molecular flexibility index (Phi) is 3.92. The Morgan fingerprint density at radius 1 is 1.00 bits per heavy atom. The van der Waals surface area contributed by atoms with E-state index in [1.807, 2.05) is 11.3 Å². The van der Waals surface area contributed by atoms with Crippen LogP contribution >= 0.6 is 23.6 Å². The molecule has 0 radical (unpaired) electrons. The average molecular weight is 327 g/mol. The van der Waals surface area contributed by atoms with E-state index in [4.69, 9.17) is 17.0 Å². The summed E-state index contributed by atoms with van der Waals surface area (Å²) in [6.45, 7) is 4.68. The third-order valence-corrected chi connectivity index (χ3v) is 5.74. The first-order valence-electron chi connectivity index (χ1n) is 7.56. The van der Waals surface area contributed by atoms with E-state index in [0.717, 1.165) is 37.4 Å². The van der Waals surface area contributed by atoms with Gasteiger partial charge in [-0.05, 0) is 23.8 Å². The molecule has 2 heterocycles. The summed E-state index contributed by atoms with van der Waals surface area (Å²) in [6.07, 6.45) is 0. The number of hydrogen-bond donors (Lipinski definition) is 0. The fourth-order valence-corrected chi connectivity index (χ4v) is 4.51. The normalized spacial score (nSPS) is 16.4. The van der Waals surface area contributed by atoms with Crippen LogP contribution in [0.25, 0.3) is 20.2 Å². The van der Waals surface area contributed by atoms with Gasteiger partial charge in [0.1, 0.15) is 0 Å². The predicted octanol–water partition coefficient (Wildman–Crippen LogP) is 4.62. The van der Waals surface area contributed by atoms with Crippen LogP contribution in [-0.2, 0) is 11.3 Å². The average Bonchev–Trinajstić information content (AvgIpc) is 2.57. The summed E-state index contributed by atoms with van der Waals surface area (Å²) in [7, 11) is 0. The Bertz CT molecular complexity index is 881. The molecule has 2 aromatic carbocycles. The Labute approximate surface area is 138 Å². The van der Waals surface area contributed by atoms with Crippen LogP contribution in [-0.4, -0.2) is 31.2 Å². The van der Waals surface area contributed by atoms with Gasteiger partial charge < -0.3 is 4.74 Å². The fraction of sp³-hybridized carbons (Fsp3) is 0.278. The van der Waals surface area contributed by atoms with Crippen LogP contribution in [0.2, 0.25) is 0 Å². The van der Waals surface area contributed by atoms with Crippen molar-refractivity contribution in [3.8, 4) is 0 Å². The zero-order valence-electron chi connectivity index (χ0n) is 12.2. The van der Waals surface area contributed by atoms with Crippen LogP contribution < -0.4 is 0 Å². The van der Waals surface area contributed by atoms with Gasteiger partial charge in [-0.1, -0.05) is 36.5 Å². The molecule has 0 bridgehead atoms. The molecule has 4 rings (SSSR count). The standard InChI is InChI=1S/C18H17NOS2/c21-18-14-3-1-2-4-16(14)22-17-6-5-13(11-15(17)18)12-19-7-9-20-10-8-19/h1-6,11H,7-10,12H2. The van der Waals surface area contributed by atoms with E-state index in [9.17, 15) is 0 Å². The number of ether oxygens (including phenoxy) is 1. The first-order valence-corrected chi connectivity index (χ1v) is 8.78. The van der Waals surface area contributed by atoms with Crippen molar-refractivity contribution in [2.24, 2.45) is 0 Å². The summed E-state index contributed by atoms with van der Waals surface area (Å²) in [6, 6.07) is 15.1.